The van der Waals surface area contributed by atoms with Crippen LogP contribution in [0.2, 0.25) is 0 Å². The molecule has 0 spiro atoms. The van der Waals surface area contributed by atoms with Gasteiger partial charge in [-0.1, -0.05) is 63.6 Å². The van der Waals surface area contributed by atoms with Gasteiger partial charge in [-0.2, -0.15) is 0 Å². The van der Waals surface area contributed by atoms with Crippen molar-refractivity contribution in [2.75, 3.05) is 0 Å². The van der Waals surface area contributed by atoms with E-state index in [0.29, 0.717) is 37.0 Å². The van der Waals surface area contributed by atoms with Crippen LogP contribution >= 0.6 is 0 Å². The van der Waals surface area contributed by atoms with Crippen molar-refractivity contribution in [2.24, 2.45) is 28.6 Å². The zero-order valence-corrected chi connectivity index (χ0v) is 22.7. The lowest BCUT2D eigenvalue weighted by molar-refractivity contribution is -0.127. The fourth-order valence-corrected chi connectivity index (χ4v) is 7.67. The molecule has 4 nitrogen and oxygen atoms in total. The zero-order valence-electron chi connectivity index (χ0n) is 22.7. The highest BCUT2D eigenvalue weighted by Crippen LogP contribution is 2.59. The van der Waals surface area contributed by atoms with Crippen LogP contribution in [0.4, 0.5) is 0 Å². The summed E-state index contributed by atoms with van der Waals surface area (Å²) < 4.78 is 0. The molecule has 0 aromatic rings. The van der Waals surface area contributed by atoms with Crippen molar-refractivity contribution < 1.29 is 20.1 Å². The molecule has 0 aromatic heterocycles. The minimum absolute atomic E-state index is 0.230. The fraction of sp³-hybridized carbons (Fsp3) is 0.719. The molecule has 0 amide bonds. The van der Waals surface area contributed by atoms with Gasteiger partial charge in [-0.05, 0) is 92.1 Å². The highest BCUT2D eigenvalue weighted by atomic mass is 16.3. The summed E-state index contributed by atoms with van der Waals surface area (Å²) in [5, 5.41) is 31.2. The minimum atomic E-state index is -0.656. The van der Waals surface area contributed by atoms with Crippen LogP contribution in [0.25, 0.3) is 0 Å². The van der Waals surface area contributed by atoms with Crippen molar-refractivity contribution >= 4 is 5.78 Å². The molecular weight excluding hydrogens is 448 g/mol. The summed E-state index contributed by atoms with van der Waals surface area (Å²) in [5.41, 5.74) is 2.94. The number of Topliss-reactive ketones (excluding diaryl/α,β-unsaturated/α-hetero) is 1. The molecule has 0 saturated heterocycles. The summed E-state index contributed by atoms with van der Waals surface area (Å²) in [6.07, 6.45) is 17.7. The van der Waals surface area contributed by atoms with E-state index in [2.05, 4.69) is 45.6 Å². The zero-order chi connectivity index (χ0) is 26.1. The van der Waals surface area contributed by atoms with E-state index in [1.807, 2.05) is 6.08 Å². The Balaban J connectivity index is 1.44. The topological polar surface area (TPSA) is 77.8 Å². The number of aliphatic hydroxyl groups is 3. The summed E-state index contributed by atoms with van der Waals surface area (Å²) in [6.45, 7) is 10.9. The SMILES string of the molecule is C=C1/C(=C\C=C2/CCC[C@]3(C)[C@@H]([C@H](C)/C=C/[C@@H](O)C4(C(=O)CCCC)CC4)CC[C@@H]23)C[C@@H](O)C[C@@H]1O. The van der Waals surface area contributed by atoms with Crippen LogP contribution < -0.4 is 0 Å². The monoisotopic (exact) mass is 496 g/mol. The highest BCUT2D eigenvalue weighted by molar-refractivity contribution is 5.88. The third-order valence-corrected chi connectivity index (χ3v) is 10.2. The Morgan fingerprint density at radius 3 is 2.61 bits per heavy atom. The van der Waals surface area contributed by atoms with Gasteiger partial charge in [-0.3, -0.25) is 4.79 Å². The molecule has 0 bridgehead atoms. The van der Waals surface area contributed by atoms with Gasteiger partial charge in [-0.25, -0.2) is 0 Å². The van der Waals surface area contributed by atoms with Crippen molar-refractivity contribution in [3.05, 3.63) is 47.6 Å². The van der Waals surface area contributed by atoms with E-state index in [-0.39, 0.29) is 11.2 Å². The molecule has 0 heterocycles. The predicted molar refractivity (Wildman–Crippen MR) is 145 cm³/mol. The largest absolute Gasteiger partial charge is 0.393 e. The van der Waals surface area contributed by atoms with Gasteiger partial charge in [-0.15, -0.1) is 0 Å². The quantitative estimate of drug-likeness (QED) is 0.331. The van der Waals surface area contributed by atoms with Crippen LogP contribution in [0.3, 0.4) is 0 Å². The van der Waals surface area contributed by atoms with E-state index in [1.54, 1.807) is 0 Å². The molecule has 4 heteroatoms. The van der Waals surface area contributed by atoms with Crippen molar-refractivity contribution in [3.63, 3.8) is 0 Å². The third kappa shape index (κ3) is 5.37. The second kappa shape index (κ2) is 11.1. The van der Waals surface area contributed by atoms with Gasteiger partial charge in [0, 0.05) is 12.8 Å². The molecular formula is C32H48O4. The molecule has 0 radical (unpaired) electrons. The molecule has 0 aromatic carbocycles. The third-order valence-electron chi connectivity index (χ3n) is 10.2. The Kier molecular flexibility index (Phi) is 8.49. The molecule has 4 aliphatic carbocycles. The molecule has 36 heavy (non-hydrogen) atoms. The Morgan fingerprint density at radius 2 is 1.92 bits per heavy atom. The maximum atomic E-state index is 12.7. The number of rotatable bonds is 9. The molecule has 3 N–H and O–H groups in total. The Hall–Kier alpha value is -1.49. The summed E-state index contributed by atoms with van der Waals surface area (Å²) in [4.78, 5) is 12.7. The van der Waals surface area contributed by atoms with Gasteiger partial charge in [0.05, 0.1) is 23.7 Å². The van der Waals surface area contributed by atoms with E-state index < -0.39 is 23.7 Å². The molecule has 4 saturated carbocycles. The van der Waals surface area contributed by atoms with Crippen molar-refractivity contribution in [3.8, 4) is 0 Å². The maximum Gasteiger partial charge on any atom is 0.141 e. The van der Waals surface area contributed by atoms with Gasteiger partial charge in [0.15, 0.2) is 0 Å². The number of unbranched alkanes of at least 4 members (excludes halogenated alkanes) is 1. The second-order valence-corrected chi connectivity index (χ2v) is 12.5. The summed E-state index contributed by atoms with van der Waals surface area (Å²) in [7, 11) is 0. The van der Waals surface area contributed by atoms with E-state index in [0.717, 1.165) is 43.3 Å². The number of hydrogen-bond acceptors (Lipinski definition) is 4. The van der Waals surface area contributed by atoms with E-state index in [1.165, 1.54) is 31.3 Å². The number of fused-ring (bicyclic) bond motifs is 1. The van der Waals surface area contributed by atoms with Crippen LogP contribution in [0.1, 0.15) is 97.8 Å². The summed E-state index contributed by atoms with van der Waals surface area (Å²) in [6, 6.07) is 0. The lowest BCUT2D eigenvalue weighted by Crippen LogP contribution is -2.35. The van der Waals surface area contributed by atoms with Crippen LogP contribution in [0, 0.1) is 28.6 Å². The first kappa shape index (κ1) is 27.5. The number of carbonyl (C=O) groups excluding carboxylic acids is 1. The number of ketones is 1. The van der Waals surface area contributed by atoms with Gasteiger partial charge >= 0.3 is 0 Å². The molecule has 0 unspecified atom stereocenters. The van der Waals surface area contributed by atoms with Crippen LogP contribution in [-0.4, -0.2) is 39.4 Å². The Bertz CT molecular complexity index is 922. The van der Waals surface area contributed by atoms with Crippen molar-refractivity contribution in [1.29, 1.82) is 0 Å². The molecule has 4 aliphatic rings. The summed E-state index contributed by atoms with van der Waals surface area (Å²) >= 11 is 0. The lowest BCUT2D eigenvalue weighted by atomic mass is 9.61. The number of carbonyl (C=O) groups is 1. The van der Waals surface area contributed by atoms with Crippen molar-refractivity contribution in [1.82, 2.24) is 0 Å². The molecule has 4 fully saturated rings. The van der Waals surface area contributed by atoms with Gasteiger partial charge in [0.2, 0.25) is 0 Å². The number of hydrogen-bond donors (Lipinski definition) is 3. The van der Waals surface area contributed by atoms with E-state index >= 15 is 0 Å². The molecule has 4 rings (SSSR count). The van der Waals surface area contributed by atoms with E-state index in [9.17, 15) is 20.1 Å². The number of allylic oxidation sites excluding steroid dienone is 4. The van der Waals surface area contributed by atoms with Crippen LogP contribution in [-0.2, 0) is 4.79 Å². The van der Waals surface area contributed by atoms with Gasteiger partial charge in [0.25, 0.3) is 0 Å². The number of aliphatic hydroxyl groups excluding tert-OH is 3. The van der Waals surface area contributed by atoms with Gasteiger partial charge in [0.1, 0.15) is 5.78 Å². The Morgan fingerprint density at radius 1 is 1.17 bits per heavy atom. The normalized spacial score (nSPS) is 37.9. The van der Waals surface area contributed by atoms with Crippen LogP contribution in [0.5, 0.6) is 0 Å². The first-order valence-corrected chi connectivity index (χ1v) is 14.5. The maximum absolute atomic E-state index is 12.7. The molecule has 200 valence electrons. The molecule has 7 atom stereocenters. The Labute approximate surface area is 218 Å². The minimum Gasteiger partial charge on any atom is -0.393 e. The average Bonchev–Trinajstić information content (AvgIpc) is 3.58. The highest BCUT2D eigenvalue weighted by Gasteiger charge is 2.54. The standard InChI is InChI=1S/C32H48O4/c1-5-6-9-29(35)32(17-18-32)30(36)15-10-21(2)26-13-14-27-23(8-7-16-31(26,27)4)11-12-24-19-25(33)20-28(34)22(24)3/h10-12,15,21,25-28,30,33-34,36H,3,5-9,13-14,16-20H2,1-2,4H3/b15-10+,23-11+,24-12-/t21-,25-,26-,27+,28+,30-,31-/m1/s1. The van der Waals surface area contributed by atoms with Crippen LogP contribution in [0.15, 0.2) is 47.6 Å². The first-order valence-electron chi connectivity index (χ1n) is 14.5. The summed E-state index contributed by atoms with van der Waals surface area (Å²) in [5.74, 6) is 1.71. The molecule has 0 aliphatic heterocycles. The predicted octanol–water partition coefficient (Wildman–Crippen LogP) is 6.22. The smallest absolute Gasteiger partial charge is 0.141 e. The lowest BCUT2D eigenvalue weighted by Gasteiger charge is -2.44. The first-order chi connectivity index (χ1) is 17.1. The average molecular weight is 497 g/mol. The van der Waals surface area contributed by atoms with E-state index in [4.69, 9.17) is 0 Å². The van der Waals surface area contributed by atoms with Crippen molar-refractivity contribution in [2.45, 2.75) is 116 Å². The second-order valence-electron chi connectivity index (χ2n) is 12.5. The fourth-order valence-electron chi connectivity index (χ4n) is 7.67. The van der Waals surface area contributed by atoms with Gasteiger partial charge < -0.3 is 15.3 Å².